The van der Waals surface area contributed by atoms with Crippen molar-refractivity contribution in [2.75, 3.05) is 6.54 Å². The molecule has 0 aromatic carbocycles. The molecule has 4 atom stereocenters. The molecule has 12 heteroatoms. The molecule has 1 aromatic rings. The van der Waals surface area contributed by atoms with Crippen molar-refractivity contribution in [2.24, 2.45) is 11.5 Å². The summed E-state index contributed by atoms with van der Waals surface area (Å²) in [5.41, 5.74) is 11.5. The largest absolute Gasteiger partial charge is 0.481 e. The summed E-state index contributed by atoms with van der Waals surface area (Å²) < 4.78 is 5.17. The van der Waals surface area contributed by atoms with Crippen LogP contribution in [0.3, 0.4) is 0 Å². The number of carbonyl (C=O) groups is 3. The molecule has 0 bridgehead atoms. The second kappa shape index (κ2) is 12.1. The minimum atomic E-state index is -1.11. The number of hydrogen-bond acceptors (Lipinski definition) is 9. The van der Waals surface area contributed by atoms with Crippen LogP contribution in [0.5, 0.6) is 0 Å². The van der Waals surface area contributed by atoms with Gasteiger partial charge in [0.1, 0.15) is 12.1 Å². The molecule has 164 valence electrons. The summed E-state index contributed by atoms with van der Waals surface area (Å²) in [6.07, 6.45) is 0.804. The van der Waals surface area contributed by atoms with Crippen molar-refractivity contribution in [2.45, 2.75) is 70.2 Å². The Kier molecular flexibility index (Phi) is 10.2. The number of rotatable bonds is 13. The van der Waals surface area contributed by atoms with Crippen LogP contribution in [-0.2, 0) is 9.59 Å². The van der Waals surface area contributed by atoms with Crippen LogP contribution >= 0.6 is 0 Å². The molecular formula is C17H30N6O6. The van der Waals surface area contributed by atoms with Crippen LogP contribution in [-0.4, -0.2) is 56.8 Å². The van der Waals surface area contributed by atoms with Gasteiger partial charge in [0.25, 0.3) is 0 Å². The van der Waals surface area contributed by atoms with Gasteiger partial charge in [-0.15, -0.1) is 0 Å². The van der Waals surface area contributed by atoms with Crippen molar-refractivity contribution >= 4 is 17.8 Å². The number of hydrogen-bond donors (Lipinski definition) is 6. The first-order chi connectivity index (χ1) is 13.6. The summed E-state index contributed by atoms with van der Waals surface area (Å²) >= 11 is 0. The van der Waals surface area contributed by atoms with Crippen LogP contribution in [0.1, 0.15) is 69.8 Å². The van der Waals surface area contributed by atoms with Crippen LogP contribution in [0, 0.1) is 0 Å². The number of carboxylic acid groups (broad SMARTS) is 1. The van der Waals surface area contributed by atoms with Gasteiger partial charge >= 0.3 is 12.0 Å². The SMILES string of the molecule is CC(=O)[C@@H](NC(=O)N[C@@H](CCC(=O)O)c1nc([C@@H](N)CCCCN)no1)C(C)O. The molecule has 0 aliphatic carbocycles. The van der Waals surface area contributed by atoms with Gasteiger partial charge in [-0.1, -0.05) is 11.6 Å². The Morgan fingerprint density at radius 1 is 1.21 bits per heavy atom. The van der Waals surface area contributed by atoms with Crippen molar-refractivity contribution in [3.8, 4) is 0 Å². The molecule has 0 radical (unpaired) electrons. The molecule has 29 heavy (non-hydrogen) atoms. The number of ketones is 1. The van der Waals surface area contributed by atoms with Crippen molar-refractivity contribution in [1.29, 1.82) is 0 Å². The van der Waals surface area contributed by atoms with E-state index in [0.29, 0.717) is 13.0 Å². The normalized spacial score (nSPS) is 15.2. The fourth-order valence-electron chi connectivity index (χ4n) is 2.61. The molecule has 1 heterocycles. The molecule has 1 rings (SSSR count). The van der Waals surface area contributed by atoms with Gasteiger partial charge in [0.2, 0.25) is 5.89 Å². The highest BCUT2D eigenvalue weighted by Gasteiger charge is 2.27. The maximum Gasteiger partial charge on any atom is 0.316 e. The van der Waals surface area contributed by atoms with E-state index in [4.69, 9.17) is 21.1 Å². The van der Waals surface area contributed by atoms with Gasteiger partial charge in [0, 0.05) is 6.42 Å². The maximum atomic E-state index is 12.2. The molecule has 0 aliphatic rings. The van der Waals surface area contributed by atoms with Gasteiger partial charge in [-0.3, -0.25) is 9.59 Å². The highest BCUT2D eigenvalue weighted by Crippen LogP contribution is 2.20. The molecule has 0 fully saturated rings. The van der Waals surface area contributed by atoms with Crippen LogP contribution in [0.2, 0.25) is 0 Å². The lowest BCUT2D eigenvalue weighted by Crippen LogP contribution is -2.51. The zero-order valence-corrected chi connectivity index (χ0v) is 16.6. The van der Waals surface area contributed by atoms with Crippen molar-refractivity contribution in [3.63, 3.8) is 0 Å². The van der Waals surface area contributed by atoms with Crippen LogP contribution in [0.15, 0.2) is 4.52 Å². The number of aromatic nitrogens is 2. The number of Topliss-reactive ketones (excluding diaryl/α,β-unsaturated/α-hetero) is 1. The average Bonchev–Trinajstić information content (AvgIpc) is 3.12. The number of carbonyl (C=O) groups excluding carboxylic acids is 2. The van der Waals surface area contributed by atoms with Gasteiger partial charge < -0.3 is 36.8 Å². The Balaban J connectivity index is 2.86. The van der Waals surface area contributed by atoms with E-state index in [0.717, 1.165) is 12.8 Å². The Bertz CT molecular complexity index is 679. The Labute approximate surface area is 168 Å². The minimum absolute atomic E-state index is 0.00194. The number of nitrogens with two attached hydrogens (primary N) is 2. The maximum absolute atomic E-state index is 12.2. The van der Waals surface area contributed by atoms with Crippen molar-refractivity contribution in [1.82, 2.24) is 20.8 Å². The summed E-state index contributed by atoms with van der Waals surface area (Å²) in [7, 11) is 0. The number of amides is 2. The Hall–Kier alpha value is -2.57. The quantitative estimate of drug-likeness (QED) is 0.233. The van der Waals surface area contributed by atoms with Gasteiger partial charge in [-0.05, 0) is 39.7 Å². The first-order valence-corrected chi connectivity index (χ1v) is 9.42. The number of aliphatic hydroxyl groups is 1. The molecule has 1 unspecified atom stereocenters. The zero-order valence-electron chi connectivity index (χ0n) is 16.6. The fraction of sp³-hybridized carbons (Fsp3) is 0.706. The average molecular weight is 414 g/mol. The van der Waals surface area contributed by atoms with E-state index in [1.807, 2.05) is 0 Å². The molecule has 0 spiro atoms. The van der Waals surface area contributed by atoms with Gasteiger partial charge in [-0.2, -0.15) is 4.98 Å². The van der Waals surface area contributed by atoms with Crippen LogP contribution < -0.4 is 22.1 Å². The summed E-state index contributed by atoms with van der Waals surface area (Å²) in [5, 5.41) is 27.2. The van der Waals surface area contributed by atoms with E-state index >= 15 is 0 Å². The second-order valence-electron chi connectivity index (χ2n) is 6.81. The number of aliphatic hydroxyl groups excluding tert-OH is 1. The molecule has 12 nitrogen and oxygen atoms in total. The number of urea groups is 1. The molecule has 1 aromatic heterocycles. The molecule has 0 saturated heterocycles. The predicted molar refractivity (Wildman–Crippen MR) is 102 cm³/mol. The second-order valence-corrected chi connectivity index (χ2v) is 6.81. The van der Waals surface area contributed by atoms with Gasteiger partial charge in [-0.25, -0.2) is 4.79 Å². The van der Waals surface area contributed by atoms with E-state index in [2.05, 4.69) is 20.8 Å². The van der Waals surface area contributed by atoms with E-state index in [-0.39, 0.29) is 24.6 Å². The van der Waals surface area contributed by atoms with E-state index in [1.165, 1.54) is 13.8 Å². The van der Waals surface area contributed by atoms with E-state index in [1.54, 1.807) is 0 Å². The number of carboxylic acids is 1. The lowest BCUT2D eigenvalue weighted by Gasteiger charge is -2.21. The van der Waals surface area contributed by atoms with Gasteiger partial charge in [0.05, 0.1) is 12.1 Å². The number of nitrogens with zero attached hydrogens (tertiary/aromatic N) is 2. The van der Waals surface area contributed by atoms with Crippen LogP contribution in [0.4, 0.5) is 4.79 Å². The third-order valence-electron chi connectivity index (χ3n) is 4.22. The molecule has 0 aliphatic heterocycles. The smallest absolute Gasteiger partial charge is 0.316 e. The Morgan fingerprint density at radius 2 is 1.90 bits per heavy atom. The minimum Gasteiger partial charge on any atom is -0.481 e. The molecule has 0 saturated carbocycles. The number of nitrogens with one attached hydrogen (secondary N) is 2. The summed E-state index contributed by atoms with van der Waals surface area (Å²) in [5.74, 6) is -1.26. The number of aliphatic carboxylic acids is 1. The van der Waals surface area contributed by atoms with Crippen molar-refractivity contribution in [3.05, 3.63) is 11.7 Å². The van der Waals surface area contributed by atoms with Crippen LogP contribution in [0.25, 0.3) is 0 Å². The standard InChI is InChI=1S/C17H30N6O6/c1-9(24)14(10(2)25)21-17(28)20-12(6-7-13(26)27)16-22-15(23-29-16)11(19)5-3-4-8-18/h9,11-12,14,24H,3-8,18-19H2,1-2H3,(H,26,27)(H2,20,21,28)/t9?,11-,12-,14-/m0/s1. The van der Waals surface area contributed by atoms with E-state index < -0.39 is 42.0 Å². The lowest BCUT2D eigenvalue weighted by atomic mass is 10.1. The first kappa shape index (κ1) is 24.5. The topological polar surface area (TPSA) is 207 Å². The third kappa shape index (κ3) is 8.54. The van der Waals surface area contributed by atoms with E-state index in [9.17, 15) is 19.5 Å². The predicted octanol–water partition coefficient (Wildman–Crippen LogP) is -0.258. The third-order valence-corrected chi connectivity index (χ3v) is 4.22. The highest BCUT2D eigenvalue weighted by molar-refractivity contribution is 5.87. The highest BCUT2D eigenvalue weighted by atomic mass is 16.5. The fourth-order valence-corrected chi connectivity index (χ4v) is 2.61. The summed E-state index contributed by atoms with van der Waals surface area (Å²) in [6.45, 7) is 3.15. The first-order valence-electron chi connectivity index (χ1n) is 9.42. The van der Waals surface area contributed by atoms with Gasteiger partial charge in [0.15, 0.2) is 11.6 Å². The Morgan fingerprint density at radius 3 is 2.45 bits per heavy atom. The molecular weight excluding hydrogens is 384 g/mol. The monoisotopic (exact) mass is 414 g/mol. The summed E-state index contributed by atoms with van der Waals surface area (Å²) in [4.78, 5) is 38.9. The zero-order chi connectivity index (χ0) is 22.0. The molecule has 8 N–H and O–H groups in total. The lowest BCUT2D eigenvalue weighted by molar-refractivity contribution is -0.137. The molecule has 2 amide bonds. The summed E-state index contributed by atoms with van der Waals surface area (Å²) in [6, 6.07) is -3.28. The van der Waals surface area contributed by atoms with Crippen molar-refractivity contribution < 1.29 is 29.1 Å². The number of unbranched alkanes of at least 4 members (excludes halogenated alkanes) is 1.